The first-order valence-corrected chi connectivity index (χ1v) is 8.04. The van der Waals surface area contributed by atoms with E-state index in [0.717, 1.165) is 17.1 Å². The Bertz CT molecular complexity index is 687. The van der Waals surface area contributed by atoms with Gasteiger partial charge in [-0.05, 0) is 31.5 Å². The number of nitrogens with zero attached hydrogens (tertiary/aromatic N) is 2. The molecule has 0 unspecified atom stereocenters. The topological polar surface area (TPSA) is 77.4 Å². The highest BCUT2D eigenvalue weighted by atomic mass is 16.6. The Hall–Kier alpha value is -2.70. The number of carbonyl (C=O) groups excluding carboxylic acids is 1. The summed E-state index contributed by atoms with van der Waals surface area (Å²) in [5.41, 5.74) is 0.969. The lowest BCUT2D eigenvalue weighted by atomic mass is 10.1. The van der Waals surface area contributed by atoms with Crippen molar-refractivity contribution < 1.29 is 14.3 Å². The summed E-state index contributed by atoms with van der Waals surface area (Å²) in [6.45, 7) is 5.67. The molecule has 128 valence electrons. The van der Waals surface area contributed by atoms with Crippen molar-refractivity contribution in [2.24, 2.45) is 0 Å². The van der Waals surface area contributed by atoms with Gasteiger partial charge in [0.1, 0.15) is 13.2 Å². The summed E-state index contributed by atoms with van der Waals surface area (Å²) in [6.07, 6.45) is 5.32. The van der Waals surface area contributed by atoms with Crippen LogP contribution in [0, 0.1) is 0 Å². The number of fused-ring (bicyclic) bond motifs is 1. The molecule has 2 amide bonds. The predicted molar refractivity (Wildman–Crippen MR) is 89.2 cm³/mol. The molecule has 0 saturated heterocycles. The lowest BCUT2D eigenvalue weighted by Gasteiger charge is -2.22. The molecule has 0 bridgehead atoms. The van der Waals surface area contributed by atoms with Crippen LogP contribution in [0.4, 0.5) is 4.79 Å². The predicted octanol–water partition coefficient (Wildman–Crippen LogP) is 2.10. The number of amides is 2. The molecule has 2 atom stereocenters. The van der Waals surface area contributed by atoms with Crippen molar-refractivity contribution in [1.82, 2.24) is 20.2 Å². The van der Waals surface area contributed by atoms with Gasteiger partial charge in [-0.2, -0.15) is 0 Å². The van der Waals surface area contributed by atoms with Crippen molar-refractivity contribution in [1.29, 1.82) is 0 Å². The Morgan fingerprint density at radius 1 is 1.25 bits per heavy atom. The van der Waals surface area contributed by atoms with Gasteiger partial charge in [-0.25, -0.2) is 9.78 Å². The van der Waals surface area contributed by atoms with Crippen molar-refractivity contribution in [3.8, 4) is 11.5 Å². The van der Waals surface area contributed by atoms with Gasteiger partial charge in [-0.1, -0.05) is 6.07 Å². The van der Waals surface area contributed by atoms with E-state index < -0.39 is 0 Å². The van der Waals surface area contributed by atoms with E-state index in [1.54, 1.807) is 12.5 Å². The second-order valence-corrected chi connectivity index (χ2v) is 5.90. The van der Waals surface area contributed by atoms with Crippen molar-refractivity contribution in [3.63, 3.8) is 0 Å². The van der Waals surface area contributed by atoms with E-state index in [0.29, 0.717) is 19.8 Å². The molecule has 0 saturated carbocycles. The molecule has 0 radical (unpaired) electrons. The second-order valence-electron chi connectivity index (χ2n) is 5.90. The van der Waals surface area contributed by atoms with Crippen LogP contribution in [0.25, 0.3) is 0 Å². The number of hydrogen-bond donors (Lipinski definition) is 2. The number of urea groups is 1. The highest BCUT2D eigenvalue weighted by Crippen LogP contribution is 2.32. The van der Waals surface area contributed by atoms with Gasteiger partial charge in [0.05, 0.1) is 12.4 Å². The zero-order valence-corrected chi connectivity index (χ0v) is 13.9. The quantitative estimate of drug-likeness (QED) is 0.880. The average molecular weight is 330 g/mol. The van der Waals surface area contributed by atoms with Crippen LogP contribution in [0.5, 0.6) is 11.5 Å². The molecule has 1 aliphatic heterocycles. The van der Waals surface area contributed by atoms with Gasteiger partial charge >= 0.3 is 6.03 Å². The van der Waals surface area contributed by atoms with Crippen LogP contribution in [-0.2, 0) is 6.54 Å². The Kier molecular flexibility index (Phi) is 4.88. The molecule has 1 aromatic heterocycles. The Balaban J connectivity index is 1.54. The molecule has 1 aliphatic rings. The van der Waals surface area contributed by atoms with Gasteiger partial charge in [0.2, 0.25) is 0 Å². The molecule has 3 rings (SSSR count). The van der Waals surface area contributed by atoms with Crippen LogP contribution in [-0.4, -0.2) is 34.8 Å². The minimum Gasteiger partial charge on any atom is -0.486 e. The summed E-state index contributed by atoms with van der Waals surface area (Å²) < 4.78 is 13.0. The largest absolute Gasteiger partial charge is 0.486 e. The minimum absolute atomic E-state index is 0.00772. The van der Waals surface area contributed by atoms with Crippen LogP contribution >= 0.6 is 0 Å². The maximum Gasteiger partial charge on any atom is 0.315 e. The fourth-order valence-corrected chi connectivity index (χ4v) is 2.63. The molecule has 7 heteroatoms. The van der Waals surface area contributed by atoms with E-state index in [9.17, 15) is 4.79 Å². The number of hydrogen-bond acceptors (Lipinski definition) is 4. The van der Waals surface area contributed by atoms with Crippen LogP contribution in [0.1, 0.15) is 25.5 Å². The summed E-state index contributed by atoms with van der Waals surface area (Å²) in [4.78, 5) is 16.1. The van der Waals surface area contributed by atoms with Gasteiger partial charge in [0.25, 0.3) is 0 Å². The highest BCUT2D eigenvalue weighted by molar-refractivity contribution is 5.74. The third-order valence-corrected chi connectivity index (χ3v) is 3.84. The first-order chi connectivity index (χ1) is 11.6. The number of imidazole rings is 1. The van der Waals surface area contributed by atoms with Gasteiger partial charge in [-0.15, -0.1) is 0 Å². The van der Waals surface area contributed by atoms with Gasteiger partial charge in [0.15, 0.2) is 11.5 Å². The SMILES string of the molecule is C[C@H](Cn1ccnc1)NC(=O)N[C@H](C)c1ccc2c(c1)OCCO2. The summed E-state index contributed by atoms with van der Waals surface area (Å²) in [7, 11) is 0. The van der Waals surface area contributed by atoms with Crippen LogP contribution in [0.15, 0.2) is 36.9 Å². The van der Waals surface area contributed by atoms with Crippen LogP contribution < -0.4 is 20.1 Å². The number of rotatable bonds is 5. The number of carbonyl (C=O) groups is 1. The standard InChI is InChI=1S/C17H22N4O3/c1-12(10-21-6-5-18-11-21)19-17(22)20-13(2)14-3-4-15-16(9-14)24-8-7-23-15/h3-6,9,11-13H,7-8,10H2,1-2H3,(H2,19,20,22)/t12-,13-/m1/s1. The molecule has 24 heavy (non-hydrogen) atoms. The summed E-state index contributed by atoms with van der Waals surface area (Å²) in [5.74, 6) is 1.47. The maximum atomic E-state index is 12.2. The monoisotopic (exact) mass is 330 g/mol. The maximum absolute atomic E-state index is 12.2. The number of nitrogens with one attached hydrogen (secondary N) is 2. The Morgan fingerprint density at radius 2 is 2.04 bits per heavy atom. The number of aromatic nitrogens is 2. The fourth-order valence-electron chi connectivity index (χ4n) is 2.63. The number of ether oxygens (including phenoxy) is 2. The molecule has 0 spiro atoms. The Morgan fingerprint density at radius 3 is 2.79 bits per heavy atom. The van der Waals surface area contributed by atoms with E-state index in [2.05, 4.69) is 15.6 Å². The summed E-state index contributed by atoms with van der Waals surface area (Å²) >= 11 is 0. The van der Waals surface area contributed by atoms with E-state index >= 15 is 0 Å². The number of benzene rings is 1. The summed E-state index contributed by atoms with van der Waals surface area (Å²) in [5, 5.41) is 5.87. The van der Waals surface area contributed by atoms with E-state index in [1.807, 2.05) is 42.8 Å². The molecule has 7 nitrogen and oxygen atoms in total. The zero-order chi connectivity index (χ0) is 16.9. The molecule has 2 aromatic rings. The zero-order valence-electron chi connectivity index (χ0n) is 13.9. The minimum atomic E-state index is -0.204. The third-order valence-electron chi connectivity index (χ3n) is 3.84. The second kappa shape index (κ2) is 7.25. The van der Waals surface area contributed by atoms with Crippen molar-refractivity contribution in [2.45, 2.75) is 32.5 Å². The normalized spacial score (nSPS) is 15.4. The third kappa shape index (κ3) is 3.98. The highest BCUT2D eigenvalue weighted by Gasteiger charge is 2.16. The first-order valence-electron chi connectivity index (χ1n) is 8.04. The fraction of sp³-hybridized carbons (Fsp3) is 0.412. The van der Waals surface area contributed by atoms with Gasteiger partial charge in [-0.3, -0.25) is 0 Å². The van der Waals surface area contributed by atoms with E-state index in [4.69, 9.17) is 9.47 Å². The van der Waals surface area contributed by atoms with Gasteiger partial charge < -0.3 is 24.7 Å². The molecular weight excluding hydrogens is 308 g/mol. The molecular formula is C17H22N4O3. The first kappa shape index (κ1) is 16.2. The summed E-state index contributed by atoms with van der Waals surface area (Å²) in [6, 6.07) is 5.38. The molecule has 1 aromatic carbocycles. The Labute approximate surface area is 141 Å². The lowest BCUT2D eigenvalue weighted by Crippen LogP contribution is -2.43. The molecule has 2 heterocycles. The van der Waals surface area contributed by atoms with Crippen molar-refractivity contribution in [2.75, 3.05) is 13.2 Å². The molecule has 0 fully saturated rings. The molecule has 2 N–H and O–H groups in total. The van der Waals surface area contributed by atoms with Crippen LogP contribution in [0.2, 0.25) is 0 Å². The molecule has 0 aliphatic carbocycles. The van der Waals surface area contributed by atoms with Crippen LogP contribution in [0.3, 0.4) is 0 Å². The van der Waals surface area contributed by atoms with Gasteiger partial charge in [0, 0.05) is 25.0 Å². The van der Waals surface area contributed by atoms with E-state index in [1.165, 1.54) is 0 Å². The average Bonchev–Trinajstić information content (AvgIpc) is 3.06. The van der Waals surface area contributed by atoms with Crippen molar-refractivity contribution in [3.05, 3.63) is 42.5 Å². The lowest BCUT2D eigenvalue weighted by molar-refractivity contribution is 0.171. The van der Waals surface area contributed by atoms with Crippen molar-refractivity contribution >= 4 is 6.03 Å². The van der Waals surface area contributed by atoms with E-state index in [-0.39, 0.29) is 18.1 Å². The smallest absolute Gasteiger partial charge is 0.315 e.